The van der Waals surface area contributed by atoms with Crippen LogP contribution < -0.4 is 0 Å². The van der Waals surface area contributed by atoms with E-state index in [1.807, 2.05) is 0 Å². The Morgan fingerprint density at radius 1 is 1.38 bits per heavy atom. The molecule has 1 saturated carbocycles. The van der Waals surface area contributed by atoms with Gasteiger partial charge in [0.25, 0.3) is 0 Å². The molecule has 0 N–H and O–H groups in total. The molecule has 3 atom stereocenters. The minimum absolute atomic E-state index is 0.452. The van der Waals surface area contributed by atoms with Crippen LogP contribution >= 0.6 is 15.9 Å². The zero-order valence-electron chi connectivity index (χ0n) is 11.4. The van der Waals surface area contributed by atoms with E-state index in [1.54, 1.807) is 0 Å². The van der Waals surface area contributed by atoms with Gasteiger partial charge in [-0.1, -0.05) is 48.7 Å². The Morgan fingerprint density at radius 2 is 2.00 bits per heavy atom. The van der Waals surface area contributed by atoms with Crippen molar-refractivity contribution in [1.29, 1.82) is 0 Å². The molecule has 1 aliphatic carbocycles. The summed E-state index contributed by atoms with van der Waals surface area (Å²) in [7, 11) is 0. The highest BCUT2D eigenvalue weighted by Gasteiger charge is 2.37. The van der Waals surface area contributed by atoms with E-state index in [1.165, 1.54) is 37.7 Å². The third-order valence-electron chi connectivity index (χ3n) is 4.23. The highest BCUT2D eigenvalue weighted by Crippen LogP contribution is 2.46. The molecule has 0 heterocycles. The molecule has 0 amide bonds. The summed E-state index contributed by atoms with van der Waals surface area (Å²) in [6.45, 7) is 13.4. The molecule has 1 rings (SSSR count). The summed E-state index contributed by atoms with van der Waals surface area (Å²) >= 11 is 3.92. The maximum atomic E-state index is 4.02. The number of hydrogen-bond donors (Lipinski definition) is 0. The van der Waals surface area contributed by atoms with E-state index < -0.39 is 0 Å². The standard InChI is InChI=1S/C15H27Br/c1-11(2)8-9-15(4,5)13-7-6-12(3)10-14(13)16/h12-14H,1,6-10H2,2-5H3. The van der Waals surface area contributed by atoms with Crippen molar-refractivity contribution in [2.75, 3.05) is 0 Å². The molecule has 0 radical (unpaired) electrons. The van der Waals surface area contributed by atoms with Gasteiger partial charge in [-0.3, -0.25) is 0 Å². The topological polar surface area (TPSA) is 0 Å². The Labute approximate surface area is 110 Å². The second-order valence-corrected chi connectivity index (χ2v) is 7.66. The number of hydrogen-bond acceptors (Lipinski definition) is 0. The van der Waals surface area contributed by atoms with Gasteiger partial charge < -0.3 is 0 Å². The van der Waals surface area contributed by atoms with Crippen LogP contribution in [0, 0.1) is 17.3 Å². The SMILES string of the molecule is C=C(C)CCC(C)(C)C1CCC(C)CC1Br. The summed E-state index contributed by atoms with van der Waals surface area (Å²) in [5.41, 5.74) is 1.77. The van der Waals surface area contributed by atoms with Crippen LogP contribution in [-0.4, -0.2) is 4.83 Å². The number of halogens is 1. The maximum Gasteiger partial charge on any atom is 0.0181 e. The predicted molar refractivity (Wildman–Crippen MR) is 77.0 cm³/mol. The van der Waals surface area contributed by atoms with Crippen LogP contribution in [0.15, 0.2) is 12.2 Å². The Hall–Kier alpha value is 0.220. The zero-order valence-corrected chi connectivity index (χ0v) is 12.9. The average Bonchev–Trinajstić information content (AvgIpc) is 2.14. The quantitative estimate of drug-likeness (QED) is 0.468. The lowest BCUT2D eigenvalue weighted by Crippen LogP contribution is -2.35. The summed E-state index contributed by atoms with van der Waals surface area (Å²) in [4.78, 5) is 0.719. The first-order chi connectivity index (χ1) is 7.33. The van der Waals surface area contributed by atoms with Crippen LogP contribution in [0.1, 0.15) is 59.8 Å². The maximum absolute atomic E-state index is 4.02. The highest BCUT2D eigenvalue weighted by molar-refractivity contribution is 9.09. The number of alkyl halides is 1. The first-order valence-electron chi connectivity index (χ1n) is 6.61. The van der Waals surface area contributed by atoms with E-state index in [2.05, 4.69) is 50.2 Å². The molecule has 1 fully saturated rings. The Bertz CT molecular complexity index is 242. The van der Waals surface area contributed by atoms with Crippen molar-refractivity contribution in [3.63, 3.8) is 0 Å². The van der Waals surface area contributed by atoms with Gasteiger partial charge in [-0.15, -0.1) is 6.58 Å². The molecule has 0 aromatic carbocycles. The number of allylic oxidation sites excluding steroid dienone is 1. The van der Waals surface area contributed by atoms with Crippen molar-refractivity contribution in [2.24, 2.45) is 17.3 Å². The fourth-order valence-electron chi connectivity index (χ4n) is 2.91. The van der Waals surface area contributed by atoms with Gasteiger partial charge in [0.15, 0.2) is 0 Å². The smallest absolute Gasteiger partial charge is 0.0181 e. The summed E-state index contributed by atoms with van der Waals surface area (Å²) < 4.78 is 0. The van der Waals surface area contributed by atoms with Gasteiger partial charge in [-0.2, -0.15) is 0 Å². The molecule has 0 aliphatic heterocycles. The molecule has 0 saturated heterocycles. The minimum Gasteiger partial charge on any atom is -0.100 e. The van der Waals surface area contributed by atoms with Gasteiger partial charge in [0.1, 0.15) is 0 Å². The van der Waals surface area contributed by atoms with Gasteiger partial charge >= 0.3 is 0 Å². The first-order valence-corrected chi connectivity index (χ1v) is 7.53. The van der Waals surface area contributed by atoms with Gasteiger partial charge in [0, 0.05) is 4.83 Å². The Morgan fingerprint density at radius 3 is 2.50 bits per heavy atom. The first kappa shape index (κ1) is 14.3. The van der Waals surface area contributed by atoms with E-state index in [4.69, 9.17) is 0 Å². The van der Waals surface area contributed by atoms with Crippen molar-refractivity contribution in [3.05, 3.63) is 12.2 Å². The van der Waals surface area contributed by atoms with E-state index >= 15 is 0 Å². The fourth-order valence-corrected chi connectivity index (χ4v) is 4.53. The van der Waals surface area contributed by atoms with Gasteiger partial charge in [0.2, 0.25) is 0 Å². The van der Waals surface area contributed by atoms with E-state index in [9.17, 15) is 0 Å². The van der Waals surface area contributed by atoms with E-state index in [0.717, 1.165) is 16.7 Å². The normalized spacial score (nSPS) is 31.4. The van der Waals surface area contributed by atoms with Crippen molar-refractivity contribution in [3.8, 4) is 0 Å². The van der Waals surface area contributed by atoms with Crippen LogP contribution in [0.3, 0.4) is 0 Å². The molecular formula is C15H27Br. The summed E-state index contributed by atoms with van der Waals surface area (Å²) in [6.07, 6.45) is 6.60. The third-order valence-corrected chi connectivity index (χ3v) is 5.25. The largest absolute Gasteiger partial charge is 0.100 e. The van der Waals surface area contributed by atoms with Crippen LogP contribution in [0.2, 0.25) is 0 Å². The molecule has 0 aromatic rings. The van der Waals surface area contributed by atoms with Gasteiger partial charge in [-0.25, -0.2) is 0 Å². The molecule has 3 unspecified atom stereocenters. The van der Waals surface area contributed by atoms with Crippen LogP contribution in [-0.2, 0) is 0 Å². The van der Waals surface area contributed by atoms with Crippen molar-refractivity contribution in [1.82, 2.24) is 0 Å². The van der Waals surface area contributed by atoms with Crippen molar-refractivity contribution in [2.45, 2.75) is 64.6 Å². The van der Waals surface area contributed by atoms with E-state index in [0.29, 0.717) is 5.41 Å². The molecular weight excluding hydrogens is 260 g/mol. The third kappa shape index (κ3) is 3.91. The zero-order chi connectivity index (χ0) is 12.3. The second-order valence-electron chi connectivity index (χ2n) is 6.49. The average molecular weight is 287 g/mol. The molecule has 94 valence electrons. The van der Waals surface area contributed by atoms with Crippen LogP contribution in [0.25, 0.3) is 0 Å². The summed E-state index contributed by atoms with van der Waals surface area (Å²) in [5.74, 6) is 1.74. The van der Waals surface area contributed by atoms with Gasteiger partial charge in [0.05, 0.1) is 0 Å². The summed E-state index contributed by atoms with van der Waals surface area (Å²) in [6, 6.07) is 0. The molecule has 0 bridgehead atoms. The van der Waals surface area contributed by atoms with Crippen molar-refractivity contribution < 1.29 is 0 Å². The van der Waals surface area contributed by atoms with E-state index in [-0.39, 0.29) is 0 Å². The molecule has 16 heavy (non-hydrogen) atoms. The van der Waals surface area contributed by atoms with Crippen LogP contribution in [0.4, 0.5) is 0 Å². The Kier molecular flexibility index (Phi) is 5.10. The number of rotatable bonds is 4. The fraction of sp³-hybridized carbons (Fsp3) is 0.867. The lowest BCUT2D eigenvalue weighted by Gasteiger charge is -2.42. The predicted octanol–water partition coefficient (Wildman–Crippen LogP) is 5.57. The van der Waals surface area contributed by atoms with Crippen LogP contribution in [0.5, 0.6) is 0 Å². The molecule has 0 spiro atoms. The molecule has 1 aliphatic rings. The lowest BCUT2D eigenvalue weighted by molar-refractivity contribution is 0.137. The molecule has 1 heteroatoms. The highest BCUT2D eigenvalue weighted by atomic mass is 79.9. The minimum atomic E-state index is 0.452. The lowest BCUT2D eigenvalue weighted by atomic mass is 9.67. The van der Waals surface area contributed by atoms with Crippen molar-refractivity contribution >= 4 is 15.9 Å². The summed E-state index contributed by atoms with van der Waals surface area (Å²) in [5, 5.41) is 0. The second kappa shape index (κ2) is 5.71. The monoisotopic (exact) mass is 286 g/mol. The molecule has 0 nitrogen and oxygen atoms in total. The van der Waals surface area contributed by atoms with Gasteiger partial charge in [-0.05, 0) is 49.9 Å². The Balaban J connectivity index is 2.56. The molecule has 0 aromatic heterocycles.